The maximum atomic E-state index is 5.14. The van der Waals surface area contributed by atoms with Gasteiger partial charge in [-0.05, 0) is 36.6 Å². The zero-order chi connectivity index (χ0) is 8.97. The fourth-order valence-corrected chi connectivity index (χ4v) is 1.28. The van der Waals surface area contributed by atoms with E-state index in [0.29, 0.717) is 0 Å². The largest absolute Gasteiger partial charge is 0.497 e. The summed E-state index contributed by atoms with van der Waals surface area (Å²) in [6.07, 6.45) is 2.26. The minimum Gasteiger partial charge on any atom is -0.497 e. The van der Waals surface area contributed by atoms with Crippen LogP contribution in [0.15, 0.2) is 18.2 Å². The van der Waals surface area contributed by atoms with Crippen molar-refractivity contribution in [3.63, 3.8) is 0 Å². The van der Waals surface area contributed by atoms with Gasteiger partial charge in [0.1, 0.15) is 5.75 Å². The fourth-order valence-electron chi connectivity index (χ4n) is 1.28. The predicted octanol–water partition coefficient (Wildman–Crippen LogP) is 2.83. The molecular weight excluding hydrogens is 148 g/mol. The van der Waals surface area contributed by atoms with Gasteiger partial charge in [0.15, 0.2) is 0 Å². The Labute approximate surface area is 74.4 Å². The van der Waals surface area contributed by atoms with Gasteiger partial charge in [0.05, 0.1) is 7.11 Å². The average molecular weight is 163 g/mol. The van der Waals surface area contributed by atoms with Crippen LogP contribution in [0.3, 0.4) is 0 Å². The van der Waals surface area contributed by atoms with E-state index in [-0.39, 0.29) is 0 Å². The van der Waals surface area contributed by atoms with Crippen molar-refractivity contribution in [1.82, 2.24) is 0 Å². The number of benzene rings is 1. The van der Waals surface area contributed by atoms with E-state index in [4.69, 9.17) is 4.74 Å². The molecule has 0 N–H and O–H groups in total. The second kappa shape index (κ2) is 4.15. The molecule has 0 bridgehead atoms. The van der Waals surface area contributed by atoms with Gasteiger partial charge in [0.2, 0.25) is 0 Å². The van der Waals surface area contributed by atoms with E-state index < -0.39 is 0 Å². The summed E-state index contributed by atoms with van der Waals surface area (Å²) in [6, 6.07) is 6.11. The van der Waals surface area contributed by atoms with E-state index in [9.17, 15) is 0 Å². The van der Waals surface area contributed by atoms with Crippen LogP contribution in [0.4, 0.5) is 0 Å². The molecule has 65 valence electrons. The summed E-state index contributed by atoms with van der Waals surface area (Å²) in [5.74, 6) is 0.908. The van der Waals surface area contributed by atoms with Crippen LogP contribution in [0.25, 0.3) is 0 Å². The van der Waals surface area contributed by atoms with Crippen molar-refractivity contribution in [3.8, 4) is 5.75 Å². The van der Waals surface area contributed by atoms with Crippen molar-refractivity contribution in [2.45, 2.75) is 19.8 Å². The number of hydrogen-bond acceptors (Lipinski definition) is 1. The molecule has 0 heterocycles. The van der Waals surface area contributed by atoms with Gasteiger partial charge in [-0.25, -0.2) is 0 Å². The topological polar surface area (TPSA) is 9.23 Å². The Kier molecular flexibility index (Phi) is 3.15. The first-order valence-electron chi connectivity index (χ1n) is 4.26. The van der Waals surface area contributed by atoms with E-state index in [0.717, 1.165) is 24.2 Å². The van der Waals surface area contributed by atoms with Gasteiger partial charge < -0.3 is 4.74 Å². The maximum absolute atomic E-state index is 5.14. The van der Waals surface area contributed by atoms with Crippen LogP contribution in [0.5, 0.6) is 5.75 Å². The molecule has 1 aromatic rings. The summed E-state index contributed by atoms with van der Waals surface area (Å²) in [4.78, 5) is 0. The zero-order valence-electron chi connectivity index (χ0n) is 7.76. The number of ether oxygens (including phenoxy) is 1. The summed E-state index contributed by atoms with van der Waals surface area (Å²) in [5, 5.41) is 0. The van der Waals surface area contributed by atoms with E-state index in [1.54, 1.807) is 7.11 Å². The second-order valence-corrected chi connectivity index (χ2v) is 2.94. The van der Waals surface area contributed by atoms with Gasteiger partial charge >= 0.3 is 0 Å². The molecule has 0 aromatic heterocycles. The zero-order valence-corrected chi connectivity index (χ0v) is 7.76. The molecule has 1 rings (SSSR count). The molecule has 12 heavy (non-hydrogen) atoms. The Morgan fingerprint density at radius 2 is 2.08 bits per heavy atom. The van der Waals surface area contributed by atoms with Gasteiger partial charge in [-0.2, -0.15) is 0 Å². The molecule has 0 aliphatic carbocycles. The smallest absolute Gasteiger partial charge is 0.119 e. The Bertz CT molecular complexity index is 253. The Morgan fingerprint density at radius 1 is 1.33 bits per heavy atom. The Hall–Kier alpha value is -0.980. The quantitative estimate of drug-likeness (QED) is 0.665. The summed E-state index contributed by atoms with van der Waals surface area (Å²) in [6.45, 7) is 6.06. The first-order chi connectivity index (χ1) is 5.76. The molecule has 1 aromatic carbocycles. The monoisotopic (exact) mass is 163 g/mol. The standard InChI is InChI=1S/C11H15O/c1-4-5-10-6-9(2)7-11(8-10)12-3/h6-8H,2,4-5H2,1,3H3. The van der Waals surface area contributed by atoms with Gasteiger partial charge in [-0.15, -0.1) is 0 Å². The number of hydrogen-bond donors (Lipinski definition) is 0. The van der Waals surface area contributed by atoms with Crippen LogP contribution in [-0.4, -0.2) is 7.11 Å². The molecule has 0 unspecified atom stereocenters. The second-order valence-electron chi connectivity index (χ2n) is 2.94. The van der Waals surface area contributed by atoms with Gasteiger partial charge in [-0.3, -0.25) is 0 Å². The summed E-state index contributed by atoms with van der Waals surface area (Å²) >= 11 is 0. The number of rotatable bonds is 3. The third-order valence-electron chi connectivity index (χ3n) is 1.80. The average Bonchev–Trinajstić information content (AvgIpc) is 2.04. The number of aryl methyl sites for hydroxylation is 1. The van der Waals surface area contributed by atoms with Crippen LogP contribution in [-0.2, 0) is 6.42 Å². The highest BCUT2D eigenvalue weighted by Crippen LogP contribution is 2.17. The molecule has 0 fully saturated rings. The summed E-state index contributed by atoms with van der Waals surface area (Å²) in [5.41, 5.74) is 2.33. The molecule has 0 aliphatic heterocycles. The molecule has 0 amide bonds. The Morgan fingerprint density at radius 3 is 2.67 bits per heavy atom. The minimum absolute atomic E-state index is 0.908. The van der Waals surface area contributed by atoms with E-state index >= 15 is 0 Å². The van der Waals surface area contributed by atoms with E-state index in [1.807, 2.05) is 6.07 Å². The summed E-state index contributed by atoms with van der Waals surface area (Å²) < 4.78 is 5.14. The SMILES string of the molecule is [CH2]c1cc(CCC)cc(OC)c1. The molecule has 1 heteroatoms. The lowest BCUT2D eigenvalue weighted by atomic mass is 10.1. The van der Waals surface area contributed by atoms with Gasteiger partial charge in [0, 0.05) is 0 Å². The van der Waals surface area contributed by atoms with Crippen LogP contribution >= 0.6 is 0 Å². The lowest BCUT2D eigenvalue weighted by Gasteiger charge is -2.05. The molecule has 0 spiro atoms. The highest BCUT2D eigenvalue weighted by Gasteiger charge is 1.96. The van der Waals surface area contributed by atoms with Crippen LogP contribution < -0.4 is 4.74 Å². The van der Waals surface area contributed by atoms with Crippen LogP contribution in [0.2, 0.25) is 0 Å². The van der Waals surface area contributed by atoms with Crippen molar-refractivity contribution in [1.29, 1.82) is 0 Å². The lowest BCUT2D eigenvalue weighted by Crippen LogP contribution is -1.88. The third kappa shape index (κ3) is 2.26. The first kappa shape index (κ1) is 9.11. The molecule has 0 aliphatic rings. The molecular formula is C11H15O. The van der Waals surface area contributed by atoms with Crippen LogP contribution in [0, 0.1) is 6.92 Å². The fraction of sp³-hybridized carbons (Fsp3) is 0.364. The number of methoxy groups -OCH3 is 1. The first-order valence-corrected chi connectivity index (χ1v) is 4.26. The van der Waals surface area contributed by atoms with Crippen LogP contribution in [0.1, 0.15) is 24.5 Å². The summed E-state index contributed by atoms with van der Waals surface area (Å²) in [7, 11) is 1.69. The van der Waals surface area contributed by atoms with E-state index in [2.05, 4.69) is 26.0 Å². The predicted molar refractivity (Wildman–Crippen MR) is 51.4 cm³/mol. The molecule has 0 saturated heterocycles. The van der Waals surface area contributed by atoms with Crippen molar-refractivity contribution in [3.05, 3.63) is 36.2 Å². The maximum Gasteiger partial charge on any atom is 0.119 e. The molecule has 0 atom stereocenters. The third-order valence-corrected chi connectivity index (χ3v) is 1.80. The highest BCUT2D eigenvalue weighted by atomic mass is 16.5. The van der Waals surface area contributed by atoms with Crippen molar-refractivity contribution < 1.29 is 4.74 Å². The molecule has 1 nitrogen and oxygen atoms in total. The normalized spacial score (nSPS) is 9.92. The van der Waals surface area contributed by atoms with Crippen molar-refractivity contribution in [2.75, 3.05) is 7.11 Å². The van der Waals surface area contributed by atoms with E-state index in [1.165, 1.54) is 5.56 Å². The van der Waals surface area contributed by atoms with Gasteiger partial charge in [0.25, 0.3) is 0 Å². The van der Waals surface area contributed by atoms with Crippen molar-refractivity contribution >= 4 is 0 Å². The molecule has 0 saturated carbocycles. The van der Waals surface area contributed by atoms with Gasteiger partial charge in [-0.1, -0.05) is 19.4 Å². The minimum atomic E-state index is 0.908. The molecule has 1 radical (unpaired) electrons. The van der Waals surface area contributed by atoms with Crippen molar-refractivity contribution in [2.24, 2.45) is 0 Å². The highest BCUT2D eigenvalue weighted by molar-refractivity contribution is 5.35. The Balaban J connectivity index is 2.90. The lowest BCUT2D eigenvalue weighted by molar-refractivity contribution is 0.414.